The van der Waals surface area contributed by atoms with Gasteiger partial charge in [0.25, 0.3) is 5.91 Å². The van der Waals surface area contributed by atoms with Crippen molar-refractivity contribution in [2.24, 2.45) is 0 Å². The fourth-order valence-electron chi connectivity index (χ4n) is 1.36. The average molecular weight is 325 g/mol. The van der Waals surface area contributed by atoms with Gasteiger partial charge in [-0.25, -0.2) is 0 Å². The van der Waals surface area contributed by atoms with Crippen LogP contribution in [0.3, 0.4) is 0 Å². The van der Waals surface area contributed by atoms with E-state index < -0.39 is 41.7 Å². The first-order valence-corrected chi connectivity index (χ1v) is 5.66. The van der Waals surface area contributed by atoms with E-state index in [1.807, 2.05) is 0 Å². The molecule has 120 valence electrons. The van der Waals surface area contributed by atoms with Crippen LogP contribution >= 0.6 is 0 Å². The van der Waals surface area contributed by atoms with Crippen molar-refractivity contribution in [3.05, 3.63) is 29.3 Å². The summed E-state index contributed by atoms with van der Waals surface area (Å²) >= 11 is 0. The second-order valence-electron chi connectivity index (χ2n) is 4.01. The van der Waals surface area contributed by atoms with E-state index in [4.69, 9.17) is 6.42 Å². The van der Waals surface area contributed by atoms with Gasteiger partial charge in [-0.2, -0.15) is 26.3 Å². The summed E-state index contributed by atoms with van der Waals surface area (Å²) in [4.78, 5) is 11.2. The number of terminal acetylenes is 1. The first-order chi connectivity index (χ1) is 10.0. The zero-order valence-electron chi connectivity index (χ0n) is 10.8. The first kappa shape index (κ1) is 17.7. The predicted octanol–water partition coefficient (Wildman–Crippen LogP) is 2.85. The van der Waals surface area contributed by atoms with Crippen LogP contribution in [-0.2, 0) is 17.1 Å². The molecular weight excluding hydrogens is 316 g/mol. The summed E-state index contributed by atoms with van der Waals surface area (Å²) in [5.74, 6) is 0.572. The van der Waals surface area contributed by atoms with Crippen LogP contribution in [-0.4, -0.2) is 19.1 Å². The van der Waals surface area contributed by atoms with Crippen molar-refractivity contribution in [2.75, 3.05) is 13.2 Å². The number of alkyl halides is 6. The summed E-state index contributed by atoms with van der Waals surface area (Å²) in [7, 11) is 0. The van der Waals surface area contributed by atoms with Crippen molar-refractivity contribution in [3.63, 3.8) is 0 Å². The van der Waals surface area contributed by atoms with Gasteiger partial charge in [-0.15, -0.1) is 6.42 Å². The minimum Gasteiger partial charge on any atom is -0.484 e. The molecule has 1 N–H and O–H groups in total. The van der Waals surface area contributed by atoms with Gasteiger partial charge in [-0.05, 0) is 18.2 Å². The van der Waals surface area contributed by atoms with Crippen LogP contribution in [0.2, 0.25) is 0 Å². The van der Waals surface area contributed by atoms with Crippen LogP contribution in [0.15, 0.2) is 18.2 Å². The number of ether oxygens (including phenoxy) is 1. The van der Waals surface area contributed by atoms with E-state index in [2.05, 4.69) is 16.0 Å². The number of hydrogen-bond donors (Lipinski definition) is 1. The molecule has 1 aromatic carbocycles. The molecule has 0 aliphatic rings. The number of nitrogens with one attached hydrogen (secondary N) is 1. The molecule has 0 saturated carbocycles. The van der Waals surface area contributed by atoms with Gasteiger partial charge in [0.1, 0.15) is 5.75 Å². The minimum atomic E-state index is -4.98. The molecule has 0 spiro atoms. The van der Waals surface area contributed by atoms with Crippen LogP contribution < -0.4 is 10.1 Å². The number of carbonyl (C=O) groups excluding carboxylic acids is 1. The smallest absolute Gasteiger partial charge is 0.416 e. The van der Waals surface area contributed by atoms with Crippen molar-refractivity contribution in [1.82, 2.24) is 5.32 Å². The van der Waals surface area contributed by atoms with Crippen LogP contribution in [0, 0.1) is 12.3 Å². The van der Waals surface area contributed by atoms with E-state index >= 15 is 0 Å². The predicted molar refractivity (Wildman–Crippen MR) is 63.8 cm³/mol. The summed E-state index contributed by atoms with van der Waals surface area (Å²) in [5.41, 5.74) is -3.05. The van der Waals surface area contributed by atoms with Crippen molar-refractivity contribution >= 4 is 5.91 Å². The summed E-state index contributed by atoms with van der Waals surface area (Å²) in [6.07, 6.45) is -5.10. The molecule has 22 heavy (non-hydrogen) atoms. The first-order valence-electron chi connectivity index (χ1n) is 5.66. The summed E-state index contributed by atoms with van der Waals surface area (Å²) in [6.45, 7) is -0.904. The molecule has 1 rings (SSSR count). The maximum absolute atomic E-state index is 12.6. The number of rotatable bonds is 4. The largest absolute Gasteiger partial charge is 0.484 e. The molecule has 0 heterocycles. The Bertz CT molecular complexity index is 553. The van der Waals surface area contributed by atoms with E-state index in [0.29, 0.717) is 12.1 Å². The van der Waals surface area contributed by atoms with E-state index in [1.165, 1.54) is 0 Å². The van der Waals surface area contributed by atoms with E-state index in [1.54, 1.807) is 0 Å². The van der Waals surface area contributed by atoms with E-state index in [-0.39, 0.29) is 12.6 Å². The molecular formula is C13H9F6NO2. The highest BCUT2D eigenvalue weighted by atomic mass is 19.4. The van der Waals surface area contributed by atoms with Gasteiger partial charge in [0.15, 0.2) is 6.61 Å². The van der Waals surface area contributed by atoms with Gasteiger partial charge in [-0.3, -0.25) is 4.79 Å². The molecule has 0 atom stereocenters. The minimum absolute atomic E-state index is 0.0364. The molecule has 1 aromatic rings. The highest BCUT2D eigenvalue weighted by molar-refractivity contribution is 5.77. The Hall–Kier alpha value is -2.37. The average Bonchev–Trinajstić information content (AvgIpc) is 2.40. The van der Waals surface area contributed by atoms with Gasteiger partial charge in [-0.1, -0.05) is 5.92 Å². The Morgan fingerprint density at radius 3 is 2.00 bits per heavy atom. The molecule has 0 aromatic heterocycles. The lowest BCUT2D eigenvalue weighted by atomic mass is 10.1. The van der Waals surface area contributed by atoms with Gasteiger partial charge in [0.05, 0.1) is 17.7 Å². The second kappa shape index (κ2) is 6.60. The van der Waals surface area contributed by atoms with Crippen molar-refractivity contribution < 1.29 is 35.9 Å². The Labute approximate surface area is 121 Å². The molecule has 0 unspecified atom stereocenters. The van der Waals surface area contributed by atoms with Crippen molar-refractivity contribution in [1.29, 1.82) is 0 Å². The Morgan fingerprint density at radius 2 is 1.59 bits per heavy atom. The molecule has 3 nitrogen and oxygen atoms in total. The lowest BCUT2D eigenvalue weighted by Crippen LogP contribution is -2.29. The monoisotopic (exact) mass is 325 g/mol. The molecule has 0 aliphatic carbocycles. The number of carbonyl (C=O) groups is 1. The van der Waals surface area contributed by atoms with Crippen LogP contribution in [0.25, 0.3) is 0 Å². The van der Waals surface area contributed by atoms with Crippen LogP contribution in [0.4, 0.5) is 26.3 Å². The Morgan fingerprint density at radius 1 is 1.09 bits per heavy atom. The molecule has 0 radical (unpaired) electrons. The molecule has 0 aliphatic heterocycles. The highest BCUT2D eigenvalue weighted by Crippen LogP contribution is 2.38. The van der Waals surface area contributed by atoms with Gasteiger partial charge >= 0.3 is 12.4 Å². The third-order valence-electron chi connectivity index (χ3n) is 2.32. The fraction of sp³-hybridized carbons (Fsp3) is 0.308. The van der Waals surface area contributed by atoms with Crippen molar-refractivity contribution in [2.45, 2.75) is 12.4 Å². The number of hydrogen-bond acceptors (Lipinski definition) is 2. The molecule has 0 saturated heterocycles. The molecule has 0 bridgehead atoms. The van der Waals surface area contributed by atoms with Crippen LogP contribution in [0.1, 0.15) is 11.1 Å². The Kier molecular flexibility index (Phi) is 5.30. The zero-order valence-corrected chi connectivity index (χ0v) is 10.8. The third-order valence-corrected chi connectivity index (χ3v) is 2.32. The lowest BCUT2D eigenvalue weighted by molar-refractivity contribution is -0.143. The third kappa shape index (κ3) is 5.20. The fourth-order valence-corrected chi connectivity index (χ4v) is 1.36. The SMILES string of the molecule is C#CCNC(=O)COc1cc(C(F)(F)F)cc(C(F)(F)F)c1. The topological polar surface area (TPSA) is 38.3 Å². The summed E-state index contributed by atoms with van der Waals surface area (Å²) in [6, 6.07) is 0.721. The lowest BCUT2D eigenvalue weighted by Gasteiger charge is -2.14. The maximum atomic E-state index is 12.6. The molecule has 1 amide bonds. The van der Waals surface area contributed by atoms with Gasteiger partial charge in [0, 0.05) is 0 Å². The van der Waals surface area contributed by atoms with Crippen LogP contribution in [0.5, 0.6) is 5.75 Å². The molecule has 9 heteroatoms. The highest BCUT2D eigenvalue weighted by Gasteiger charge is 2.37. The standard InChI is InChI=1S/C13H9F6NO2/c1-2-3-20-11(21)7-22-10-5-8(12(14,15)16)4-9(6-10)13(17,18)19/h1,4-6H,3,7H2,(H,20,21). The number of benzene rings is 1. The zero-order chi connectivity index (χ0) is 17.0. The number of amides is 1. The van der Waals surface area contributed by atoms with E-state index in [9.17, 15) is 31.1 Å². The quantitative estimate of drug-likeness (QED) is 0.683. The number of halogens is 6. The second-order valence-corrected chi connectivity index (χ2v) is 4.01. The van der Waals surface area contributed by atoms with Gasteiger partial charge in [0.2, 0.25) is 0 Å². The molecule has 0 fully saturated rings. The summed E-state index contributed by atoms with van der Waals surface area (Å²) in [5, 5.41) is 2.15. The summed E-state index contributed by atoms with van der Waals surface area (Å²) < 4.78 is 80.1. The van der Waals surface area contributed by atoms with E-state index in [0.717, 1.165) is 0 Å². The van der Waals surface area contributed by atoms with Gasteiger partial charge < -0.3 is 10.1 Å². The Balaban J connectivity index is 2.99. The van der Waals surface area contributed by atoms with Crippen molar-refractivity contribution in [3.8, 4) is 18.1 Å². The normalized spacial score (nSPS) is 11.7. The maximum Gasteiger partial charge on any atom is 0.416 e.